The summed E-state index contributed by atoms with van der Waals surface area (Å²) in [5.74, 6) is -3.38. The number of primary sulfonamides is 1. The van der Waals surface area contributed by atoms with Crippen molar-refractivity contribution in [2.24, 2.45) is 5.14 Å². The van der Waals surface area contributed by atoms with E-state index in [4.69, 9.17) is 16.7 Å². The average Bonchev–Trinajstić information content (AvgIpc) is 2.84. The summed E-state index contributed by atoms with van der Waals surface area (Å²) in [6.45, 7) is 0.0780. The average molecular weight is 618 g/mol. The molecule has 218 valence electrons. The molecule has 0 aromatic heterocycles. The Kier molecular flexibility index (Phi) is 9.76. The van der Waals surface area contributed by atoms with Crippen LogP contribution >= 0.6 is 11.6 Å². The summed E-state index contributed by atoms with van der Waals surface area (Å²) >= 11 is 5.98. The summed E-state index contributed by atoms with van der Waals surface area (Å²) in [6.07, 6.45) is -0.677. The number of benzene rings is 2. The lowest BCUT2D eigenvalue weighted by molar-refractivity contribution is -0.146. The Morgan fingerprint density at radius 1 is 1.18 bits per heavy atom. The molecule has 7 N–H and O–H groups in total. The summed E-state index contributed by atoms with van der Waals surface area (Å²) in [7, 11) is -8.68. The van der Waals surface area contributed by atoms with E-state index in [1.54, 1.807) is 0 Å². The smallest absolute Gasteiger partial charge is 0.323 e. The predicted molar refractivity (Wildman–Crippen MR) is 144 cm³/mol. The van der Waals surface area contributed by atoms with Crippen LogP contribution in [0, 0.1) is 0 Å². The molecule has 2 aromatic carbocycles. The lowest BCUT2D eigenvalue weighted by Gasteiger charge is -2.33. The van der Waals surface area contributed by atoms with E-state index in [0.717, 1.165) is 22.6 Å². The molecular formula is C23H28ClN5O9S2. The number of carboxylic acid groups (broad SMARTS) is 2. The predicted octanol–water partition coefficient (Wildman–Crippen LogP) is -0.00540. The number of sulfonamides is 2. The maximum Gasteiger partial charge on any atom is 0.323 e. The molecule has 3 rings (SSSR count). The molecule has 2 aromatic rings. The molecule has 2 unspecified atom stereocenters. The van der Waals surface area contributed by atoms with E-state index in [-0.39, 0.29) is 17.1 Å². The number of carboxylic acids is 2. The van der Waals surface area contributed by atoms with Crippen LogP contribution in [0.4, 0.5) is 5.69 Å². The minimum Gasteiger partial charge on any atom is -0.480 e. The van der Waals surface area contributed by atoms with Gasteiger partial charge in [0, 0.05) is 0 Å². The number of aryl methyl sites for hydroxylation is 1. The molecule has 0 saturated heterocycles. The van der Waals surface area contributed by atoms with Crippen LogP contribution in [0.2, 0.25) is 5.02 Å². The lowest BCUT2D eigenvalue weighted by Crippen LogP contribution is -2.57. The van der Waals surface area contributed by atoms with Gasteiger partial charge in [0.2, 0.25) is 26.0 Å². The first-order valence-corrected chi connectivity index (χ1v) is 15.2. The summed E-state index contributed by atoms with van der Waals surface area (Å²) in [5, 5.41) is 29.2. The fraction of sp³-hybridized carbons (Fsp3) is 0.348. The maximum absolute atomic E-state index is 13.2. The molecule has 0 fully saturated rings. The highest BCUT2D eigenvalue weighted by Crippen LogP contribution is 2.33. The maximum atomic E-state index is 13.2. The van der Waals surface area contributed by atoms with Crippen LogP contribution in [-0.4, -0.2) is 81.1 Å². The van der Waals surface area contributed by atoms with Crippen molar-refractivity contribution in [3.8, 4) is 0 Å². The third-order valence-corrected chi connectivity index (χ3v) is 8.87. The van der Waals surface area contributed by atoms with Crippen LogP contribution < -0.4 is 20.5 Å². The van der Waals surface area contributed by atoms with Crippen LogP contribution in [0.15, 0.2) is 52.3 Å². The van der Waals surface area contributed by atoms with Crippen molar-refractivity contribution in [2.75, 3.05) is 18.4 Å². The van der Waals surface area contributed by atoms with E-state index in [0.29, 0.717) is 6.42 Å². The van der Waals surface area contributed by atoms with Crippen LogP contribution in [0.25, 0.3) is 0 Å². The highest BCUT2D eigenvalue weighted by molar-refractivity contribution is 7.90. The zero-order valence-electron chi connectivity index (χ0n) is 21.1. The normalized spacial score (nSPS) is 17.6. The van der Waals surface area contributed by atoms with E-state index >= 15 is 0 Å². The highest BCUT2D eigenvalue weighted by atomic mass is 35.5. The topological polar surface area (TPSA) is 225 Å². The molecule has 14 nitrogen and oxygen atoms in total. The van der Waals surface area contributed by atoms with Gasteiger partial charge in [-0.3, -0.25) is 19.7 Å². The second-order valence-corrected chi connectivity index (χ2v) is 12.7. The number of carbonyl (C=O) groups is 3. The first-order valence-electron chi connectivity index (χ1n) is 11.8. The summed E-state index contributed by atoms with van der Waals surface area (Å²) in [5.41, 5.74) is 0.802. The van der Waals surface area contributed by atoms with Gasteiger partial charge >= 0.3 is 11.9 Å². The third-order valence-electron chi connectivity index (χ3n) is 5.98. The van der Waals surface area contributed by atoms with E-state index in [1.165, 1.54) is 6.92 Å². The molecule has 1 aliphatic rings. The molecule has 0 radical (unpaired) electrons. The summed E-state index contributed by atoms with van der Waals surface area (Å²) in [4.78, 5) is 36.3. The second-order valence-electron chi connectivity index (χ2n) is 9.06. The van der Waals surface area contributed by atoms with Gasteiger partial charge in [0.25, 0.3) is 0 Å². The zero-order chi connectivity index (χ0) is 29.8. The number of rotatable bonds is 12. The molecule has 17 heteroatoms. The number of carbonyl (C=O) groups excluding carboxylic acids is 1. The number of nitrogens with two attached hydrogens (primary N) is 1. The molecule has 0 bridgehead atoms. The number of halogens is 1. The van der Waals surface area contributed by atoms with Crippen molar-refractivity contribution in [2.45, 2.75) is 47.8 Å². The Labute approximate surface area is 235 Å². The van der Waals surface area contributed by atoms with Crippen molar-refractivity contribution >= 4 is 55.2 Å². The fourth-order valence-corrected chi connectivity index (χ4v) is 6.62. The van der Waals surface area contributed by atoms with E-state index in [9.17, 15) is 41.4 Å². The summed E-state index contributed by atoms with van der Waals surface area (Å²) < 4.78 is 51.4. The molecule has 0 spiro atoms. The van der Waals surface area contributed by atoms with Crippen molar-refractivity contribution in [1.29, 1.82) is 0 Å². The van der Waals surface area contributed by atoms with Crippen LogP contribution in [-0.2, 0) is 40.9 Å². The van der Waals surface area contributed by atoms with E-state index in [1.807, 2.05) is 30.3 Å². The van der Waals surface area contributed by atoms with Gasteiger partial charge in [0.15, 0.2) is 0 Å². The molecule has 1 amide bonds. The lowest BCUT2D eigenvalue weighted by atomic mass is 10.0. The Balaban J connectivity index is 1.77. The van der Waals surface area contributed by atoms with Gasteiger partial charge < -0.3 is 20.4 Å². The monoisotopic (exact) mass is 617 g/mol. The third kappa shape index (κ3) is 7.89. The number of aliphatic carboxylic acids is 2. The highest BCUT2D eigenvalue weighted by Gasteiger charge is 2.35. The van der Waals surface area contributed by atoms with Crippen molar-refractivity contribution in [3.05, 3.63) is 53.1 Å². The fourth-order valence-electron chi connectivity index (χ4n) is 4.14. The molecule has 1 heterocycles. The van der Waals surface area contributed by atoms with E-state index < -0.39 is 79.0 Å². The number of hydrogen-bond acceptors (Lipinski definition) is 9. The Bertz CT molecular complexity index is 1500. The van der Waals surface area contributed by atoms with Crippen molar-refractivity contribution < 1.29 is 41.4 Å². The first-order chi connectivity index (χ1) is 18.6. The van der Waals surface area contributed by atoms with Crippen molar-refractivity contribution in [1.82, 2.24) is 14.9 Å². The minimum absolute atomic E-state index is 0.0955. The molecule has 40 heavy (non-hydrogen) atoms. The van der Waals surface area contributed by atoms with Gasteiger partial charge in [-0.25, -0.2) is 22.0 Å². The van der Waals surface area contributed by atoms with Gasteiger partial charge in [-0.2, -0.15) is 4.72 Å². The number of nitrogens with one attached hydrogen (secondary N) is 3. The largest absolute Gasteiger partial charge is 0.480 e. The Hall–Kier alpha value is -3.28. The first kappa shape index (κ1) is 31.3. The van der Waals surface area contributed by atoms with Crippen LogP contribution in [0.1, 0.15) is 18.9 Å². The summed E-state index contributed by atoms with van der Waals surface area (Å²) in [6, 6.07) is 8.68. The minimum atomic E-state index is -4.34. The molecule has 0 saturated carbocycles. The standard InChI is InChI=1S/C23H28ClN5O9S2/c1-13(26-16(23(33)34)8-7-14-5-3-2-4-6-14)22(32)29(12-21(30)31)11-20-27-17-9-15(24)18(39(25,35)36)10-19(17)40(37,38)28-20/h2-6,9-10,13,16,20,26-28H,7-8,11-12H2,1H3,(H,30,31)(H,33,34)(H2,25,35,36)/t13-,16?,20?/m0/s1. The zero-order valence-corrected chi connectivity index (χ0v) is 23.5. The van der Waals surface area contributed by atoms with Crippen LogP contribution in [0.5, 0.6) is 0 Å². The van der Waals surface area contributed by atoms with Crippen molar-refractivity contribution in [3.63, 3.8) is 0 Å². The van der Waals surface area contributed by atoms with Crippen LogP contribution in [0.3, 0.4) is 0 Å². The Morgan fingerprint density at radius 3 is 2.40 bits per heavy atom. The quantitative estimate of drug-likeness (QED) is 0.186. The van der Waals surface area contributed by atoms with E-state index in [2.05, 4.69) is 15.4 Å². The van der Waals surface area contributed by atoms with Gasteiger partial charge in [-0.1, -0.05) is 41.9 Å². The number of hydrogen-bond donors (Lipinski definition) is 6. The SMILES string of the molecule is C[C@H](NC(CCc1ccccc1)C(=O)O)C(=O)N(CC(=O)O)CC1Nc2cc(Cl)c(S(N)(=O)=O)cc2S(=O)(=O)N1. The van der Waals surface area contributed by atoms with Gasteiger partial charge in [0.1, 0.15) is 28.5 Å². The molecule has 1 aliphatic heterocycles. The van der Waals surface area contributed by atoms with Gasteiger partial charge in [-0.15, -0.1) is 0 Å². The number of amides is 1. The molecule has 3 atom stereocenters. The van der Waals surface area contributed by atoms with Gasteiger partial charge in [-0.05, 0) is 37.5 Å². The molecular weight excluding hydrogens is 590 g/mol. The van der Waals surface area contributed by atoms with Gasteiger partial charge in [0.05, 0.1) is 23.3 Å². The second kappa shape index (κ2) is 12.5. The Morgan fingerprint density at radius 2 is 1.82 bits per heavy atom. The number of fused-ring (bicyclic) bond motifs is 1. The molecule has 0 aliphatic carbocycles. The number of nitrogens with zero attached hydrogens (tertiary/aromatic N) is 1. The number of anilines is 1.